The van der Waals surface area contributed by atoms with E-state index in [1.54, 1.807) is 18.8 Å². The number of nitrogens with zero attached hydrogens (tertiary/aromatic N) is 1. The maximum atomic E-state index is 11.7. The van der Waals surface area contributed by atoms with Gasteiger partial charge >= 0.3 is 0 Å². The van der Waals surface area contributed by atoms with Crippen LogP contribution < -0.4 is 10.5 Å². The first-order valence-electron chi connectivity index (χ1n) is 5.37. The van der Waals surface area contributed by atoms with Gasteiger partial charge in [0, 0.05) is 25.4 Å². The van der Waals surface area contributed by atoms with Gasteiger partial charge in [-0.3, -0.25) is 0 Å². The average Bonchev–Trinajstić information content (AvgIpc) is 2.25. The summed E-state index contributed by atoms with van der Waals surface area (Å²) in [5.41, 5.74) is 5.33. The van der Waals surface area contributed by atoms with E-state index in [0.29, 0.717) is 31.3 Å². The maximum Gasteiger partial charge on any atom is 0.279 e. The minimum atomic E-state index is -3.32. The highest BCUT2D eigenvalue weighted by Gasteiger charge is 2.16. The summed E-state index contributed by atoms with van der Waals surface area (Å²) in [6.07, 6.45) is 3.54. The molecule has 0 bridgehead atoms. The van der Waals surface area contributed by atoms with Crippen LogP contribution in [-0.2, 0) is 10.2 Å². The molecule has 0 aliphatic rings. The minimum Gasteiger partial charge on any atom is -0.330 e. The predicted molar refractivity (Wildman–Crippen MR) is 70.8 cm³/mol. The zero-order valence-electron chi connectivity index (χ0n) is 10.3. The van der Waals surface area contributed by atoms with Crippen molar-refractivity contribution < 1.29 is 8.42 Å². The second-order valence-corrected chi connectivity index (χ2v) is 6.84. The molecule has 7 heteroatoms. The topological polar surface area (TPSA) is 75.4 Å². The quantitative estimate of drug-likeness (QED) is 0.629. The fourth-order valence-electron chi connectivity index (χ4n) is 1.05. The van der Waals surface area contributed by atoms with Crippen molar-refractivity contribution in [1.82, 2.24) is 9.03 Å². The van der Waals surface area contributed by atoms with Crippen LogP contribution in [0, 0.1) is 0 Å². The van der Waals surface area contributed by atoms with Crippen molar-refractivity contribution in [3.8, 4) is 0 Å². The highest BCUT2D eigenvalue weighted by molar-refractivity contribution is 7.99. The average molecular weight is 269 g/mol. The van der Waals surface area contributed by atoms with E-state index in [2.05, 4.69) is 11.6 Å². The van der Waals surface area contributed by atoms with E-state index in [1.807, 2.05) is 6.26 Å². The first-order chi connectivity index (χ1) is 7.44. The van der Waals surface area contributed by atoms with Crippen molar-refractivity contribution in [2.45, 2.75) is 25.0 Å². The van der Waals surface area contributed by atoms with Crippen LogP contribution in [0.1, 0.15) is 19.8 Å². The van der Waals surface area contributed by atoms with Crippen LogP contribution in [0.2, 0.25) is 0 Å². The van der Waals surface area contributed by atoms with Crippen molar-refractivity contribution >= 4 is 22.0 Å². The van der Waals surface area contributed by atoms with Crippen LogP contribution in [0.15, 0.2) is 0 Å². The van der Waals surface area contributed by atoms with E-state index in [0.717, 1.165) is 6.42 Å². The largest absolute Gasteiger partial charge is 0.330 e. The monoisotopic (exact) mass is 269 g/mol. The summed E-state index contributed by atoms with van der Waals surface area (Å²) in [4.78, 5) is 0. The number of nitrogens with two attached hydrogens (primary N) is 1. The van der Waals surface area contributed by atoms with Crippen molar-refractivity contribution in [3.05, 3.63) is 0 Å². The van der Waals surface area contributed by atoms with Gasteiger partial charge in [-0.1, -0.05) is 6.92 Å². The Kier molecular flexibility index (Phi) is 8.39. The van der Waals surface area contributed by atoms with Crippen molar-refractivity contribution in [2.75, 3.05) is 32.9 Å². The smallest absolute Gasteiger partial charge is 0.279 e. The fraction of sp³-hybridized carbons (Fsp3) is 1.00. The Morgan fingerprint density at radius 1 is 1.50 bits per heavy atom. The summed E-state index contributed by atoms with van der Waals surface area (Å²) in [7, 11) is -1.75. The number of nitrogens with one attached hydrogen (secondary N) is 1. The fourth-order valence-corrected chi connectivity index (χ4v) is 2.37. The lowest BCUT2D eigenvalue weighted by molar-refractivity contribution is 0.452. The van der Waals surface area contributed by atoms with Gasteiger partial charge in [0.2, 0.25) is 0 Å². The molecular weight excluding hydrogens is 246 g/mol. The summed E-state index contributed by atoms with van der Waals surface area (Å²) >= 11 is 1.73. The molecule has 0 saturated carbocycles. The van der Waals surface area contributed by atoms with Gasteiger partial charge in [0.1, 0.15) is 0 Å². The SMILES string of the molecule is CSC(C)CCNS(=O)(=O)N(C)CCCN. The van der Waals surface area contributed by atoms with Gasteiger partial charge in [0.25, 0.3) is 10.2 Å². The first kappa shape index (κ1) is 16.2. The van der Waals surface area contributed by atoms with Gasteiger partial charge in [-0.05, 0) is 25.6 Å². The van der Waals surface area contributed by atoms with E-state index < -0.39 is 10.2 Å². The molecule has 1 unspecified atom stereocenters. The minimum absolute atomic E-state index is 0.462. The molecule has 0 aromatic heterocycles. The third-order valence-electron chi connectivity index (χ3n) is 2.33. The van der Waals surface area contributed by atoms with Crippen molar-refractivity contribution in [2.24, 2.45) is 5.73 Å². The number of hydrogen-bond donors (Lipinski definition) is 2. The van der Waals surface area contributed by atoms with Gasteiger partial charge in [0.15, 0.2) is 0 Å². The lowest BCUT2D eigenvalue weighted by atomic mass is 10.3. The molecule has 3 N–H and O–H groups in total. The van der Waals surface area contributed by atoms with Gasteiger partial charge in [-0.25, -0.2) is 4.72 Å². The Bertz CT molecular complexity index is 270. The molecule has 0 fully saturated rings. The summed E-state index contributed by atoms with van der Waals surface area (Å²) in [5, 5.41) is 0.469. The maximum absolute atomic E-state index is 11.7. The third-order valence-corrected chi connectivity index (χ3v) is 4.94. The Morgan fingerprint density at radius 2 is 2.12 bits per heavy atom. The molecule has 5 nitrogen and oxygen atoms in total. The molecule has 0 amide bonds. The third kappa shape index (κ3) is 6.70. The summed E-state index contributed by atoms with van der Waals surface area (Å²) < 4.78 is 27.2. The van der Waals surface area contributed by atoms with E-state index in [9.17, 15) is 8.42 Å². The second-order valence-electron chi connectivity index (χ2n) is 3.70. The van der Waals surface area contributed by atoms with Crippen LogP contribution in [-0.4, -0.2) is 50.9 Å². The normalized spacial score (nSPS) is 14.3. The lowest BCUT2D eigenvalue weighted by Crippen LogP contribution is -2.40. The summed E-state index contributed by atoms with van der Waals surface area (Å²) in [6, 6.07) is 0. The Balaban J connectivity index is 3.95. The molecule has 0 radical (unpaired) electrons. The van der Waals surface area contributed by atoms with Crippen LogP contribution in [0.5, 0.6) is 0 Å². The Labute approximate surface area is 103 Å². The predicted octanol–water partition coefficient (Wildman–Crippen LogP) is 0.243. The van der Waals surface area contributed by atoms with Crippen LogP contribution in [0.3, 0.4) is 0 Å². The second kappa shape index (κ2) is 8.30. The first-order valence-corrected chi connectivity index (χ1v) is 8.10. The Hall–Kier alpha value is 0.180. The molecule has 16 heavy (non-hydrogen) atoms. The van der Waals surface area contributed by atoms with Gasteiger partial charge in [-0.2, -0.15) is 24.5 Å². The van der Waals surface area contributed by atoms with Gasteiger partial charge in [-0.15, -0.1) is 0 Å². The number of rotatable bonds is 9. The molecule has 0 aromatic rings. The highest BCUT2D eigenvalue weighted by atomic mass is 32.2. The zero-order chi connectivity index (χ0) is 12.6. The van der Waals surface area contributed by atoms with Crippen molar-refractivity contribution in [3.63, 3.8) is 0 Å². The molecule has 0 aromatic carbocycles. The number of hydrogen-bond acceptors (Lipinski definition) is 4. The summed E-state index contributed by atoms with van der Waals surface area (Å²) in [5.74, 6) is 0. The van der Waals surface area contributed by atoms with Crippen LogP contribution >= 0.6 is 11.8 Å². The summed E-state index contributed by atoms with van der Waals surface area (Å²) in [6.45, 7) is 3.53. The van der Waals surface area contributed by atoms with Crippen molar-refractivity contribution in [1.29, 1.82) is 0 Å². The van der Waals surface area contributed by atoms with Crippen LogP contribution in [0.25, 0.3) is 0 Å². The standard InChI is InChI=1S/C9H23N3O2S2/c1-9(15-3)5-7-11-16(13,14)12(2)8-4-6-10/h9,11H,4-8,10H2,1-3H3. The lowest BCUT2D eigenvalue weighted by Gasteiger charge is -2.17. The molecule has 0 aliphatic heterocycles. The molecule has 0 saturated heterocycles. The number of thioether (sulfide) groups is 1. The molecule has 0 heterocycles. The van der Waals surface area contributed by atoms with E-state index in [4.69, 9.17) is 5.73 Å². The Morgan fingerprint density at radius 3 is 2.62 bits per heavy atom. The molecule has 0 aliphatic carbocycles. The van der Waals surface area contributed by atoms with Gasteiger partial charge in [0.05, 0.1) is 0 Å². The van der Waals surface area contributed by atoms with Crippen LogP contribution in [0.4, 0.5) is 0 Å². The molecular formula is C9H23N3O2S2. The molecule has 0 rings (SSSR count). The molecule has 98 valence electrons. The van der Waals surface area contributed by atoms with E-state index in [1.165, 1.54) is 4.31 Å². The van der Waals surface area contributed by atoms with Gasteiger partial charge < -0.3 is 5.73 Å². The van der Waals surface area contributed by atoms with E-state index in [-0.39, 0.29) is 0 Å². The highest BCUT2D eigenvalue weighted by Crippen LogP contribution is 2.08. The van der Waals surface area contributed by atoms with E-state index >= 15 is 0 Å². The molecule has 0 spiro atoms. The zero-order valence-corrected chi connectivity index (χ0v) is 11.9. The molecule has 1 atom stereocenters.